The smallest absolute Gasteiger partial charge is 0.0477 e. The summed E-state index contributed by atoms with van der Waals surface area (Å²) >= 11 is 3.52. The van der Waals surface area contributed by atoms with Crippen LogP contribution >= 0.6 is 15.9 Å². The van der Waals surface area contributed by atoms with Gasteiger partial charge in [-0.1, -0.05) is 73.6 Å². The maximum absolute atomic E-state index is 4.02. The van der Waals surface area contributed by atoms with Crippen LogP contribution in [0.4, 0.5) is 0 Å². The van der Waals surface area contributed by atoms with E-state index in [9.17, 15) is 0 Å². The molecule has 1 N–H and O–H groups in total. The van der Waals surface area contributed by atoms with Gasteiger partial charge in [-0.3, -0.25) is 4.90 Å². The van der Waals surface area contributed by atoms with Crippen molar-refractivity contribution in [1.82, 2.24) is 10.2 Å². The van der Waals surface area contributed by atoms with E-state index in [-0.39, 0.29) is 5.41 Å². The summed E-state index contributed by atoms with van der Waals surface area (Å²) in [6.07, 6.45) is 0. The normalized spacial score (nSPS) is 24.6. The largest absolute Gasteiger partial charge is 0.310 e. The van der Waals surface area contributed by atoms with Crippen LogP contribution in [0.2, 0.25) is 0 Å². The highest BCUT2D eigenvalue weighted by atomic mass is 79.9. The van der Waals surface area contributed by atoms with Crippen LogP contribution in [-0.4, -0.2) is 30.6 Å². The Labute approximate surface area is 131 Å². The van der Waals surface area contributed by atoms with E-state index in [4.69, 9.17) is 0 Å². The lowest BCUT2D eigenvalue weighted by atomic mass is 9.84. The van der Waals surface area contributed by atoms with Gasteiger partial charge in [0.15, 0.2) is 0 Å². The van der Waals surface area contributed by atoms with E-state index < -0.39 is 0 Å². The molecule has 0 amide bonds. The summed E-state index contributed by atoms with van der Waals surface area (Å²) in [6, 6.07) is 11.7. The Bertz CT molecular complexity index is 450. The molecule has 1 aliphatic heterocycles. The molecule has 110 valence electrons. The van der Waals surface area contributed by atoms with Crippen molar-refractivity contribution >= 4 is 15.9 Å². The van der Waals surface area contributed by atoms with Gasteiger partial charge in [-0.25, -0.2) is 0 Å². The maximum atomic E-state index is 4.02. The Morgan fingerprint density at radius 3 is 2.55 bits per heavy atom. The minimum absolute atomic E-state index is 0.271. The number of benzene rings is 1. The fraction of sp³-hybridized carbons (Fsp3) is 0.529. The van der Waals surface area contributed by atoms with E-state index in [0.29, 0.717) is 12.1 Å². The lowest BCUT2D eigenvalue weighted by Crippen LogP contribution is -2.57. The van der Waals surface area contributed by atoms with Crippen LogP contribution in [0, 0.1) is 5.41 Å². The van der Waals surface area contributed by atoms with Gasteiger partial charge in [-0.2, -0.15) is 0 Å². The second-order valence-corrected chi connectivity index (χ2v) is 7.82. The summed E-state index contributed by atoms with van der Waals surface area (Å²) in [5.41, 5.74) is 1.65. The van der Waals surface area contributed by atoms with Crippen molar-refractivity contribution < 1.29 is 0 Å². The molecule has 2 nitrogen and oxygen atoms in total. The molecule has 2 unspecified atom stereocenters. The van der Waals surface area contributed by atoms with Crippen LogP contribution < -0.4 is 5.32 Å². The van der Waals surface area contributed by atoms with Crippen LogP contribution in [0.15, 0.2) is 41.4 Å². The molecule has 2 rings (SSSR count). The second kappa shape index (κ2) is 6.42. The molecule has 1 fully saturated rings. The van der Waals surface area contributed by atoms with E-state index in [1.165, 1.54) is 5.56 Å². The van der Waals surface area contributed by atoms with Crippen LogP contribution in [0.5, 0.6) is 0 Å². The van der Waals surface area contributed by atoms with Crippen LogP contribution in [0.1, 0.15) is 32.4 Å². The zero-order chi connectivity index (χ0) is 14.8. The zero-order valence-electron chi connectivity index (χ0n) is 12.7. The zero-order valence-corrected chi connectivity index (χ0v) is 14.3. The van der Waals surface area contributed by atoms with Crippen molar-refractivity contribution in [1.29, 1.82) is 0 Å². The predicted octanol–water partition coefficient (Wildman–Crippen LogP) is 3.96. The Morgan fingerprint density at radius 1 is 1.35 bits per heavy atom. The van der Waals surface area contributed by atoms with Gasteiger partial charge >= 0.3 is 0 Å². The van der Waals surface area contributed by atoms with Gasteiger partial charge in [0.05, 0.1) is 0 Å². The number of halogens is 1. The number of hydrogen-bond donors (Lipinski definition) is 1. The van der Waals surface area contributed by atoms with E-state index in [0.717, 1.165) is 24.1 Å². The van der Waals surface area contributed by atoms with Crippen LogP contribution in [0.3, 0.4) is 0 Å². The molecular formula is C17H25BrN2. The van der Waals surface area contributed by atoms with Crippen LogP contribution in [-0.2, 0) is 0 Å². The molecule has 0 spiro atoms. The number of piperazine rings is 1. The minimum atomic E-state index is 0.271. The second-order valence-electron chi connectivity index (χ2n) is 6.70. The first-order valence-corrected chi connectivity index (χ1v) is 8.03. The first kappa shape index (κ1) is 15.7. The fourth-order valence-corrected chi connectivity index (χ4v) is 3.11. The van der Waals surface area contributed by atoms with Gasteiger partial charge in [0.1, 0.15) is 0 Å². The molecule has 2 atom stereocenters. The Hall–Kier alpha value is -0.640. The molecule has 1 heterocycles. The predicted molar refractivity (Wildman–Crippen MR) is 90.1 cm³/mol. The molecule has 1 aromatic rings. The van der Waals surface area contributed by atoms with Gasteiger partial charge in [0, 0.05) is 36.2 Å². The highest BCUT2D eigenvalue weighted by Crippen LogP contribution is 2.30. The molecular weight excluding hydrogens is 312 g/mol. The monoisotopic (exact) mass is 336 g/mol. The molecule has 3 heteroatoms. The average Bonchev–Trinajstić information content (AvgIpc) is 2.38. The van der Waals surface area contributed by atoms with Crippen LogP contribution in [0.25, 0.3) is 0 Å². The van der Waals surface area contributed by atoms with Gasteiger partial charge in [0.25, 0.3) is 0 Å². The Morgan fingerprint density at radius 2 is 2.00 bits per heavy atom. The molecule has 0 bridgehead atoms. The molecule has 1 aromatic carbocycles. The molecule has 1 aliphatic rings. The molecule has 0 saturated carbocycles. The Balaban J connectivity index is 2.18. The molecule has 1 saturated heterocycles. The third-order valence-electron chi connectivity index (χ3n) is 4.02. The maximum Gasteiger partial charge on any atom is 0.0477 e. The summed E-state index contributed by atoms with van der Waals surface area (Å²) in [5.74, 6) is 0. The highest BCUT2D eigenvalue weighted by molar-refractivity contribution is 9.11. The van der Waals surface area contributed by atoms with Gasteiger partial charge in [0.2, 0.25) is 0 Å². The van der Waals surface area contributed by atoms with Crippen molar-refractivity contribution in [3.63, 3.8) is 0 Å². The van der Waals surface area contributed by atoms with E-state index in [1.54, 1.807) is 0 Å². The standard InChI is InChI=1S/C17H25BrN2/c1-13(18)11-20-12-16(17(2,3)4)19-10-15(20)14-8-6-5-7-9-14/h5-9,15-16,19H,1,10-12H2,2-4H3. The highest BCUT2D eigenvalue weighted by Gasteiger charge is 2.34. The van der Waals surface area contributed by atoms with Gasteiger partial charge < -0.3 is 5.32 Å². The third-order valence-corrected chi connectivity index (χ3v) is 4.27. The van der Waals surface area contributed by atoms with Crippen molar-refractivity contribution in [3.8, 4) is 0 Å². The van der Waals surface area contributed by atoms with Crippen molar-refractivity contribution in [3.05, 3.63) is 47.0 Å². The number of nitrogens with one attached hydrogen (secondary N) is 1. The summed E-state index contributed by atoms with van der Waals surface area (Å²) in [7, 11) is 0. The lowest BCUT2D eigenvalue weighted by molar-refractivity contribution is 0.0953. The molecule has 0 radical (unpaired) electrons. The van der Waals surface area contributed by atoms with E-state index in [1.807, 2.05) is 0 Å². The Kier molecular flexibility index (Phi) is 5.05. The average molecular weight is 337 g/mol. The number of rotatable bonds is 3. The van der Waals surface area contributed by atoms with Gasteiger partial charge in [-0.05, 0) is 11.0 Å². The van der Waals surface area contributed by atoms with Crippen molar-refractivity contribution in [2.24, 2.45) is 5.41 Å². The van der Waals surface area contributed by atoms with Gasteiger partial charge in [-0.15, -0.1) is 0 Å². The SMILES string of the molecule is C=C(Br)CN1CC(C(C)(C)C)NCC1c1ccccc1. The molecule has 0 aliphatic carbocycles. The van der Waals surface area contributed by atoms with Crippen molar-refractivity contribution in [2.75, 3.05) is 19.6 Å². The molecule has 0 aromatic heterocycles. The third kappa shape index (κ3) is 3.94. The quantitative estimate of drug-likeness (QED) is 0.898. The number of nitrogens with zero attached hydrogens (tertiary/aromatic N) is 1. The summed E-state index contributed by atoms with van der Waals surface area (Å²) in [4.78, 5) is 2.53. The lowest BCUT2D eigenvalue weighted by Gasteiger charge is -2.45. The summed E-state index contributed by atoms with van der Waals surface area (Å²) in [5, 5.41) is 3.72. The minimum Gasteiger partial charge on any atom is -0.310 e. The van der Waals surface area contributed by atoms with E-state index in [2.05, 4.69) is 83.8 Å². The number of hydrogen-bond acceptors (Lipinski definition) is 2. The molecule has 20 heavy (non-hydrogen) atoms. The van der Waals surface area contributed by atoms with Crippen molar-refractivity contribution in [2.45, 2.75) is 32.9 Å². The fourth-order valence-electron chi connectivity index (χ4n) is 2.79. The first-order valence-electron chi connectivity index (χ1n) is 7.23. The summed E-state index contributed by atoms with van der Waals surface area (Å²) < 4.78 is 1.05. The summed E-state index contributed by atoms with van der Waals surface area (Å²) in [6.45, 7) is 13.9. The topological polar surface area (TPSA) is 15.3 Å². The first-order chi connectivity index (χ1) is 9.38. The van der Waals surface area contributed by atoms with E-state index >= 15 is 0 Å².